The molecule has 18 heavy (non-hydrogen) atoms. The van der Waals surface area contributed by atoms with Gasteiger partial charge in [0.05, 0.1) is 23.8 Å². The SMILES string of the molecule is COc1cc([N+](=O)[O-])ccc1N1C=CN(C)CC1. The maximum absolute atomic E-state index is 10.7. The highest BCUT2D eigenvalue weighted by molar-refractivity contribution is 5.64. The highest BCUT2D eigenvalue weighted by Crippen LogP contribution is 2.32. The molecule has 1 aliphatic heterocycles. The summed E-state index contributed by atoms with van der Waals surface area (Å²) in [6, 6.07) is 4.65. The van der Waals surface area contributed by atoms with Crippen LogP contribution >= 0.6 is 0 Å². The van der Waals surface area contributed by atoms with Crippen molar-refractivity contribution in [1.82, 2.24) is 4.90 Å². The molecule has 1 aliphatic rings. The number of methoxy groups -OCH3 is 1. The standard InChI is InChI=1S/C12H15N3O3/c1-13-5-7-14(8-6-13)11-4-3-10(15(16)17)9-12(11)18-2/h3-5,7,9H,6,8H2,1-2H3. The van der Waals surface area contributed by atoms with E-state index >= 15 is 0 Å². The van der Waals surface area contributed by atoms with E-state index in [9.17, 15) is 10.1 Å². The van der Waals surface area contributed by atoms with Gasteiger partial charge >= 0.3 is 0 Å². The van der Waals surface area contributed by atoms with Gasteiger partial charge in [0.1, 0.15) is 5.75 Å². The lowest BCUT2D eigenvalue weighted by Crippen LogP contribution is -2.32. The van der Waals surface area contributed by atoms with Crippen molar-refractivity contribution in [3.63, 3.8) is 0 Å². The predicted molar refractivity (Wildman–Crippen MR) is 68.8 cm³/mol. The molecule has 1 heterocycles. The van der Waals surface area contributed by atoms with Crippen LogP contribution in [0.1, 0.15) is 0 Å². The van der Waals surface area contributed by atoms with Crippen LogP contribution in [0.15, 0.2) is 30.6 Å². The van der Waals surface area contributed by atoms with Crippen LogP contribution in [0.4, 0.5) is 11.4 Å². The maximum Gasteiger partial charge on any atom is 0.273 e. The number of benzene rings is 1. The second-order valence-corrected chi connectivity index (χ2v) is 4.09. The third-order valence-electron chi connectivity index (χ3n) is 2.88. The Hall–Kier alpha value is -2.24. The summed E-state index contributed by atoms with van der Waals surface area (Å²) in [5.41, 5.74) is 0.876. The number of nitrogens with zero attached hydrogens (tertiary/aromatic N) is 3. The largest absolute Gasteiger partial charge is 0.494 e. The molecule has 0 atom stereocenters. The Bertz CT molecular complexity index is 487. The minimum Gasteiger partial charge on any atom is -0.494 e. The lowest BCUT2D eigenvalue weighted by atomic mass is 10.2. The molecule has 0 aliphatic carbocycles. The van der Waals surface area contributed by atoms with Crippen molar-refractivity contribution in [2.24, 2.45) is 0 Å². The highest BCUT2D eigenvalue weighted by atomic mass is 16.6. The molecule has 6 heteroatoms. The highest BCUT2D eigenvalue weighted by Gasteiger charge is 2.16. The van der Waals surface area contributed by atoms with Gasteiger partial charge in [-0.15, -0.1) is 0 Å². The molecule has 0 saturated heterocycles. The minimum atomic E-state index is -0.424. The van der Waals surface area contributed by atoms with E-state index in [2.05, 4.69) is 4.90 Å². The monoisotopic (exact) mass is 249 g/mol. The number of nitro benzene ring substituents is 1. The summed E-state index contributed by atoms with van der Waals surface area (Å²) in [6.45, 7) is 1.72. The number of rotatable bonds is 3. The number of ether oxygens (including phenoxy) is 1. The zero-order valence-electron chi connectivity index (χ0n) is 10.4. The molecule has 0 fully saturated rings. The summed E-state index contributed by atoms with van der Waals surface area (Å²) in [5.74, 6) is 0.512. The number of non-ortho nitro benzene ring substituents is 1. The molecule has 2 rings (SSSR count). The summed E-state index contributed by atoms with van der Waals surface area (Å²) in [5, 5.41) is 10.7. The predicted octanol–water partition coefficient (Wildman–Crippen LogP) is 1.83. The number of anilines is 1. The van der Waals surface area contributed by atoms with Crippen molar-refractivity contribution in [3.8, 4) is 5.75 Å². The third-order valence-corrected chi connectivity index (χ3v) is 2.88. The van der Waals surface area contributed by atoms with Crippen molar-refractivity contribution in [2.45, 2.75) is 0 Å². The lowest BCUT2D eigenvalue weighted by molar-refractivity contribution is -0.384. The average molecular weight is 249 g/mol. The molecule has 1 aromatic carbocycles. The van der Waals surface area contributed by atoms with Gasteiger partial charge in [0.2, 0.25) is 0 Å². The van der Waals surface area contributed by atoms with Crippen LogP contribution in [0, 0.1) is 10.1 Å². The zero-order chi connectivity index (χ0) is 13.1. The first-order chi connectivity index (χ1) is 8.61. The van der Waals surface area contributed by atoms with Crippen LogP contribution in [0.25, 0.3) is 0 Å². The Labute approximate surface area is 105 Å². The van der Waals surface area contributed by atoms with Gasteiger partial charge in [-0.3, -0.25) is 10.1 Å². The Morgan fingerprint density at radius 3 is 2.67 bits per heavy atom. The molecule has 0 N–H and O–H groups in total. The first kappa shape index (κ1) is 12.2. The summed E-state index contributed by atoms with van der Waals surface area (Å²) in [7, 11) is 3.52. The Morgan fingerprint density at radius 1 is 1.33 bits per heavy atom. The molecule has 6 nitrogen and oxygen atoms in total. The van der Waals surface area contributed by atoms with Crippen LogP contribution in [0.2, 0.25) is 0 Å². The normalized spacial score (nSPS) is 14.8. The van der Waals surface area contributed by atoms with E-state index in [0.29, 0.717) is 5.75 Å². The Kier molecular flexibility index (Phi) is 3.36. The topological polar surface area (TPSA) is 58.9 Å². The van der Waals surface area contributed by atoms with Gasteiger partial charge in [-0.1, -0.05) is 0 Å². The smallest absolute Gasteiger partial charge is 0.273 e. The van der Waals surface area contributed by atoms with E-state index in [4.69, 9.17) is 4.74 Å². The Balaban J connectivity index is 2.33. The van der Waals surface area contributed by atoms with E-state index in [0.717, 1.165) is 18.8 Å². The molecule has 0 radical (unpaired) electrons. The second kappa shape index (κ2) is 4.95. The molecule has 0 unspecified atom stereocenters. The second-order valence-electron chi connectivity index (χ2n) is 4.09. The van der Waals surface area contributed by atoms with Crippen LogP contribution in [0.5, 0.6) is 5.75 Å². The van der Waals surface area contributed by atoms with Crippen LogP contribution in [0.3, 0.4) is 0 Å². The maximum atomic E-state index is 10.7. The molecular formula is C12H15N3O3. The first-order valence-corrected chi connectivity index (χ1v) is 5.59. The quantitative estimate of drug-likeness (QED) is 0.604. The van der Waals surface area contributed by atoms with E-state index in [1.54, 1.807) is 6.07 Å². The van der Waals surface area contributed by atoms with Crippen molar-refractivity contribution >= 4 is 11.4 Å². The van der Waals surface area contributed by atoms with Crippen molar-refractivity contribution < 1.29 is 9.66 Å². The fourth-order valence-electron chi connectivity index (χ4n) is 1.83. The molecule has 0 spiro atoms. The van der Waals surface area contributed by atoms with Gasteiger partial charge in [-0.05, 0) is 6.07 Å². The van der Waals surface area contributed by atoms with Crippen LogP contribution in [-0.4, -0.2) is 37.1 Å². The van der Waals surface area contributed by atoms with Gasteiger partial charge < -0.3 is 14.5 Å². The fourth-order valence-corrected chi connectivity index (χ4v) is 1.83. The van der Waals surface area contributed by atoms with Crippen LogP contribution in [-0.2, 0) is 0 Å². The van der Waals surface area contributed by atoms with Crippen molar-refractivity contribution in [1.29, 1.82) is 0 Å². The molecule has 96 valence electrons. The van der Waals surface area contributed by atoms with E-state index in [-0.39, 0.29) is 5.69 Å². The van der Waals surface area contributed by atoms with Gasteiger partial charge in [-0.2, -0.15) is 0 Å². The first-order valence-electron chi connectivity index (χ1n) is 5.59. The zero-order valence-corrected chi connectivity index (χ0v) is 10.4. The average Bonchev–Trinajstić information content (AvgIpc) is 2.39. The molecule has 0 amide bonds. The number of hydrogen-bond donors (Lipinski definition) is 0. The number of nitro groups is 1. The molecule has 0 bridgehead atoms. The summed E-state index contributed by atoms with van der Waals surface area (Å²) >= 11 is 0. The molecule has 0 saturated carbocycles. The van der Waals surface area contributed by atoms with E-state index in [1.165, 1.54) is 19.2 Å². The molecule has 0 aromatic heterocycles. The Morgan fingerprint density at radius 2 is 2.11 bits per heavy atom. The molecular weight excluding hydrogens is 234 g/mol. The van der Waals surface area contributed by atoms with Crippen molar-refractivity contribution in [3.05, 3.63) is 40.7 Å². The molecule has 1 aromatic rings. The van der Waals surface area contributed by atoms with Gasteiger partial charge in [0.15, 0.2) is 0 Å². The summed E-state index contributed by atoms with van der Waals surface area (Å²) < 4.78 is 5.22. The summed E-state index contributed by atoms with van der Waals surface area (Å²) in [6.07, 6.45) is 3.90. The third kappa shape index (κ3) is 2.37. The number of hydrogen-bond acceptors (Lipinski definition) is 5. The lowest BCUT2D eigenvalue weighted by Gasteiger charge is -2.29. The van der Waals surface area contributed by atoms with Crippen molar-refractivity contribution in [2.75, 3.05) is 32.1 Å². The van der Waals surface area contributed by atoms with Crippen LogP contribution < -0.4 is 9.64 Å². The van der Waals surface area contributed by atoms with Gasteiger partial charge in [-0.25, -0.2) is 0 Å². The number of likely N-dealkylation sites (N-methyl/N-ethyl adjacent to an activating group) is 1. The summed E-state index contributed by atoms with van der Waals surface area (Å²) in [4.78, 5) is 14.4. The minimum absolute atomic E-state index is 0.0358. The van der Waals surface area contributed by atoms with E-state index in [1.807, 2.05) is 24.3 Å². The fraction of sp³-hybridized carbons (Fsp3) is 0.333. The van der Waals surface area contributed by atoms with Gasteiger partial charge in [0.25, 0.3) is 5.69 Å². The van der Waals surface area contributed by atoms with E-state index < -0.39 is 4.92 Å². The van der Waals surface area contributed by atoms with Gasteiger partial charge in [0, 0.05) is 38.6 Å².